The van der Waals surface area contributed by atoms with Crippen molar-refractivity contribution in [2.75, 3.05) is 12.9 Å². The second-order valence-corrected chi connectivity index (χ2v) is 8.11. The number of methoxy groups -OCH3 is 1. The van der Waals surface area contributed by atoms with Crippen LogP contribution in [-0.4, -0.2) is 44.1 Å². The summed E-state index contributed by atoms with van der Waals surface area (Å²) in [5.74, 6) is 1.57. The Morgan fingerprint density at radius 2 is 2.04 bits per heavy atom. The van der Waals surface area contributed by atoms with Crippen molar-refractivity contribution >= 4 is 17.7 Å². The Morgan fingerprint density at radius 1 is 1.21 bits per heavy atom. The molecule has 2 heterocycles. The van der Waals surface area contributed by atoms with Crippen LogP contribution in [0.1, 0.15) is 20.8 Å². The van der Waals surface area contributed by atoms with Gasteiger partial charge in [-0.3, -0.25) is 14.3 Å². The topological polar surface area (TPSA) is 81.9 Å². The van der Waals surface area contributed by atoms with Gasteiger partial charge in [0.05, 0.1) is 18.6 Å². The summed E-state index contributed by atoms with van der Waals surface area (Å²) in [6, 6.07) is 11.4. The quantitative estimate of drug-likeness (QED) is 0.643. The van der Waals surface area contributed by atoms with Gasteiger partial charge in [0.25, 0.3) is 0 Å². The SMILES string of the molecule is COc1cccc(-n2c(SCC(=O)NC(C)(C)C)nnc2-c2cccnc2)c1. The molecule has 3 aromatic rings. The van der Waals surface area contributed by atoms with Crippen LogP contribution in [0.15, 0.2) is 53.9 Å². The molecule has 8 heteroatoms. The highest BCUT2D eigenvalue weighted by molar-refractivity contribution is 7.99. The lowest BCUT2D eigenvalue weighted by atomic mass is 10.1. The van der Waals surface area contributed by atoms with E-state index in [-0.39, 0.29) is 17.2 Å². The van der Waals surface area contributed by atoms with E-state index >= 15 is 0 Å². The fourth-order valence-corrected chi connectivity index (χ4v) is 3.36. The molecule has 1 aromatic carbocycles. The first-order valence-corrected chi connectivity index (χ1v) is 9.80. The van der Waals surface area contributed by atoms with Crippen LogP contribution >= 0.6 is 11.8 Å². The number of benzene rings is 1. The third-order valence-electron chi connectivity index (χ3n) is 3.71. The summed E-state index contributed by atoms with van der Waals surface area (Å²) >= 11 is 1.34. The van der Waals surface area contributed by atoms with Gasteiger partial charge in [-0.15, -0.1) is 10.2 Å². The summed E-state index contributed by atoms with van der Waals surface area (Å²) in [6.07, 6.45) is 3.45. The fraction of sp³-hybridized carbons (Fsp3) is 0.300. The molecule has 0 aliphatic carbocycles. The predicted molar refractivity (Wildman–Crippen MR) is 110 cm³/mol. The van der Waals surface area contributed by atoms with Crippen LogP contribution in [0.5, 0.6) is 5.75 Å². The molecule has 0 aliphatic heterocycles. The number of rotatable bonds is 6. The van der Waals surface area contributed by atoms with Gasteiger partial charge in [-0.2, -0.15) is 0 Å². The number of thioether (sulfide) groups is 1. The Labute approximate surface area is 168 Å². The highest BCUT2D eigenvalue weighted by Crippen LogP contribution is 2.29. The molecule has 2 aromatic heterocycles. The van der Waals surface area contributed by atoms with E-state index in [1.54, 1.807) is 19.5 Å². The van der Waals surface area contributed by atoms with E-state index in [4.69, 9.17) is 4.74 Å². The number of hydrogen-bond acceptors (Lipinski definition) is 6. The van der Waals surface area contributed by atoms with E-state index in [0.717, 1.165) is 17.0 Å². The van der Waals surface area contributed by atoms with Crippen molar-refractivity contribution in [1.82, 2.24) is 25.1 Å². The lowest BCUT2D eigenvalue weighted by Gasteiger charge is -2.20. The van der Waals surface area contributed by atoms with Gasteiger partial charge in [-0.25, -0.2) is 0 Å². The number of nitrogens with zero attached hydrogens (tertiary/aromatic N) is 4. The van der Waals surface area contributed by atoms with E-state index in [1.807, 2.05) is 61.7 Å². The summed E-state index contributed by atoms with van der Waals surface area (Å²) < 4.78 is 7.27. The first kappa shape index (κ1) is 19.9. The zero-order chi connectivity index (χ0) is 20.1. The van der Waals surface area contributed by atoms with E-state index in [2.05, 4.69) is 20.5 Å². The molecular weight excluding hydrogens is 374 g/mol. The fourth-order valence-electron chi connectivity index (χ4n) is 2.61. The molecule has 0 bridgehead atoms. The first-order valence-electron chi connectivity index (χ1n) is 8.81. The highest BCUT2D eigenvalue weighted by atomic mass is 32.2. The van der Waals surface area contributed by atoms with Crippen LogP contribution in [0, 0.1) is 0 Å². The van der Waals surface area contributed by atoms with Gasteiger partial charge in [-0.05, 0) is 45.0 Å². The van der Waals surface area contributed by atoms with Crippen LogP contribution in [0.4, 0.5) is 0 Å². The second-order valence-electron chi connectivity index (χ2n) is 7.17. The third-order valence-corrected chi connectivity index (χ3v) is 4.64. The Morgan fingerprint density at radius 3 is 2.71 bits per heavy atom. The Kier molecular flexibility index (Phi) is 5.99. The minimum atomic E-state index is -0.279. The summed E-state index contributed by atoms with van der Waals surface area (Å²) in [5, 5.41) is 12.3. The van der Waals surface area contributed by atoms with Gasteiger partial charge < -0.3 is 10.1 Å². The summed E-state index contributed by atoms with van der Waals surface area (Å²) in [6.45, 7) is 5.86. The van der Waals surface area contributed by atoms with Crippen molar-refractivity contribution in [3.05, 3.63) is 48.8 Å². The van der Waals surface area contributed by atoms with Crippen molar-refractivity contribution in [1.29, 1.82) is 0 Å². The Hall–Kier alpha value is -2.87. The lowest BCUT2D eigenvalue weighted by molar-refractivity contribution is -0.119. The number of pyridine rings is 1. The molecule has 0 aliphatic rings. The van der Waals surface area contributed by atoms with Crippen molar-refractivity contribution in [3.8, 4) is 22.8 Å². The number of aromatic nitrogens is 4. The van der Waals surface area contributed by atoms with Gasteiger partial charge in [-0.1, -0.05) is 17.8 Å². The van der Waals surface area contributed by atoms with Gasteiger partial charge in [0.2, 0.25) is 5.91 Å². The summed E-state index contributed by atoms with van der Waals surface area (Å²) in [7, 11) is 1.62. The van der Waals surface area contributed by atoms with E-state index in [9.17, 15) is 4.79 Å². The molecule has 0 spiro atoms. The van der Waals surface area contributed by atoms with Crippen molar-refractivity contribution in [2.45, 2.75) is 31.5 Å². The van der Waals surface area contributed by atoms with E-state index in [0.29, 0.717) is 11.0 Å². The van der Waals surface area contributed by atoms with Crippen LogP contribution in [0.25, 0.3) is 17.1 Å². The average molecular weight is 398 g/mol. The molecule has 1 N–H and O–H groups in total. The standard InChI is InChI=1S/C20H23N5O2S/c1-20(2,3)22-17(26)13-28-19-24-23-18(14-7-6-10-21-12-14)25(19)15-8-5-9-16(11-15)27-4/h5-12H,13H2,1-4H3,(H,22,26). The van der Waals surface area contributed by atoms with Crippen LogP contribution < -0.4 is 10.1 Å². The molecule has 1 amide bonds. The number of nitrogens with one attached hydrogen (secondary N) is 1. The maximum absolute atomic E-state index is 12.2. The maximum Gasteiger partial charge on any atom is 0.230 e. The van der Waals surface area contributed by atoms with Gasteiger partial charge >= 0.3 is 0 Å². The monoisotopic (exact) mass is 397 g/mol. The molecular formula is C20H23N5O2S. The van der Waals surface area contributed by atoms with Gasteiger partial charge in [0.1, 0.15) is 5.75 Å². The third kappa shape index (κ3) is 4.89. The second kappa shape index (κ2) is 8.43. The smallest absolute Gasteiger partial charge is 0.230 e. The molecule has 0 saturated carbocycles. The van der Waals surface area contributed by atoms with Crippen molar-refractivity contribution < 1.29 is 9.53 Å². The molecule has 0 saturated heterocycles. The van der Waals surface area contributed by atoms with Crippen molar-refractivity contribution in [3.63, 3.8) is 0 Å². The van der Waals surface area contributed by atoms with Crippen molar-refractivity contribution in [2.24, 2.45) is 0 Å². The Balaban J connectivity index is 1.96. The van der Waals surface area contributed by atoms with E-state index in [1.165, 1.54) is 11.8 Å². The van der Waals surface area contributed by atoms with Crippen LogP contribution in [-0.2, 0) is 4.79 Å². The maximum atomic E-state index is 12.2. The molecule has 146 valence electrons. The molecule has 0 atom stereocenters. The molecule has 7 nitrogen and oxygen atoms in total. The summed E-state index contributed by atoms with van der Waals surface area (Å²) in [5.41, 5.74) is 1.41. The molecule has 0 unspecified atom stereocenters. The first-order chi connectivity index (χ1) is 13.4. The van der Waals surface area contributed by atoms with Crippen LogP contribution in [0.2, 0.25) is 0 Å². The van der Waals surface area contributed by atoms with Gasteiger partial charge in [0.15, 0.2) is 11.0 Å². The highest BCUT2D eigenvalue weighted by Gasteiger charge is 2.19. The number of carbonyl (C=O) groups excluding carboxylic acids is 1. The normalized spacial score (nSPS) is 11.3. The minimum Gasteiger partial charge on any atom is -0.497 e. The summed E-state index contributed by atoms with van der Waals surface area (Å²) in [4.78, 5) is 16.4. The average Bonchev–Trinajstić information content (AvgIpc) is 3.10. The largest absolute Gasteiger partial charge is 0.497 e. The Bertz CT molecular complexity index is 951. The number of amides is 1. The number of hydrogen-bond donors (Lipinski definition) is 1. The minimum absolute atomic E-state index is 0.0550. The molecule has 0 fully saturated rings. The van der Waals surface area contributed by atoms with Gasteiger partial charge in [0, 0.05) is 29.6 Å². The molecule has 28 heavy (non-hydrogen) atoms. The number of ether oxygens (including phenoxy) is 1. The van der Waals surface area contributed by atoms with Crippen LogP contribution in [0.3, 0.4) is 0 Å². The zero-order valence-corrected chi connectivity index (χ0v) is 17.2. The lowest BCUT2D eigenvalue weighted by Crippen LogP contribution is -2.41. The number of carbonyl (C=O) groups is 1. The predicted octanol–water partition coefficient (Wildman–Crippen LogP) is 3.34. The molecule has 3 rings (SSSR count). The van der Waals surface area contributed by atoms with E-state index < -0.39 is 0 Å². The molecule has 0 radical (unpaired) electrons. The zero-order valence-electron chi connectivity index (χ0n) is 16.3.